The van der Waals surface area contributed by atoms with E-state index in [4.69, 9.17) is 10.5 Å². The molecule has 0 aliphatic heterocycles. The van der Waals surface area contributed by atoms with Crippen LogP contribution in [0.1, 0.15) is 60.0 Å². The number of carbonyl (C=O) groups excluding carboxylic acids is 3. The molecule has 0 fully saturated rings. The Morgan fingerprint density at radius 3 is 2.11 bits per heavy atom. The van der Waals surface area contributed by atoms with Crippen molar-refractivity contribution in [1.29, 1.82) is 5.26 Å². The van der Waals surface area contributed by atoms with Crippen LogP contribution in [0.3, 0.4) is 0 Å². The summed E-state index contributed by atoms with van der Waals surface area (Å²) in [4.78, 5) is 35.2. The molecule has 0 aliphatic carbocycles. The van der Waals surface area contributed by atoms with Gasteiger partial charge in [-0.15, -0.1) is 0 Å². The zero-order valence-corrected chi connectivity index (χ0v) is 18.5. The molecular formula is C23H24F3N5O4. The van der Waals surface area contributed by atoms with Crippen molar-refractivity contribution in [2.45, 2.75) is 44.7 Å². The molecule has 12 heteroatoms. The molecule has 0 unspecified atom stereocenters. The van der Waals surface area contributed by atoms with Gasteiger partial charge in [0.2, 0.25) is 11.8 Å². The third kappa shape index (κ3) is 8.98. The lowest BCUT2D eigenvalue weighted by Crippen LogP contribution is -2.30. The van der Waals surface area contributed by atoms with Crippen LogP contribution in [-0.2, 0) is 15.8 Å². The van der Waals surface area contributed by atoms with Crippen LogP contribution < -0.4 is 21.6 Å². The summed E-state index contributed by atoms with van der Waals surface area (Å²) in [5.41, 5.74) is 4.89. The van der Waals surface area contributed by atoms with Crippen LogP contribution in [0.15, 0.2) is 42.5 Å². The van der Waals surface area contributed by atoms with E-state index in [-0.39, 0.29) is 29.9 Å². The zero-order valence-electron chi connectivity index (χ0n) is 18.5. The van der Waals surface area contributed by atoms with Crippen LogP contribution in [0.5, 0.6) is 0 Å². The number of hydrogen-bond donors (Lipinski definition) is 5. The Morgan fingerprint density at radius 1 is 0.914 bits per heavy atom. The lowest BCUT2D eigenvalue weighted by atomic mass is 10.1. The fraction of sp³-hybridized carbons (Fsp3) is 0.304. The van der Waals surface area contributed by atoms with Crippen LogP contribution in [0.2, 0.25) is 0 Å². The van der Waals surface area contributed by atoms with Crippen molar-refractivity contribution in [2.75, 3.05) is 10.7 Å². The molecule has 0 bridgehead atoms. The van der Waals surface area contributed by atoms with Crippen LogP contribution in [0.25, 0.3) is 0 Å². The summed E-state index contributed by atoms with van der Waals surface area (Å²) in [5, 5.41) is 19.9. The van der Waals surface area contributed by atoms with E-state index in [2.05, 4.69) is 16.2 Å². The highest BCUT2D eigenvalue weighted by Gasteiger charge is 2.34. The SMILES string of the molecule is N#Cc1ccc(NNC(=O)c2ccc(NC(=O)CCCCCCC(=O)NO)cc2)c(C(F)(F)F)c1. The molecule has 9 nitrogen and oxygen atoms in total. The van der Waals surface area contributed by atoms with Crippen LogP contribution in [0, 0.1) is 11.3 Å². The molecule has 0 saturated heterocycles. The highest BCUT2D eigenvalue weighted by atomic mass is 19.4. The van der Waals surface area contributed by atoms with Gasteiger partial charge in [-0.1, -0.05) is 12.8 Å². The predicted molar refractivity (Wildman–Crippen MR) is 120 cm³/mol. The van der Waals surface area contributed by atoms with Gasteiger partial charge in [-0.25, -0.2) is 5.48 Å². The van der Waals surface area contributed by atoms with E-state index < -0.39 is 29.2 Å². The third-order valence-electron chi connectivity index (χ3n) is 4.88. The van der Waals surface area contributed by atoms with Gasteiger partial charge in [0.15, 0.2) is 0 Å². The van der Waals surface area contributed by atoms with Gasteiger partial charge in [0.1, 0.15) is 0 Å². The van der Waals surface area contributed by atoms with Crippen molar-refractivity contribution in [3.05, 3.63) is 59.2 Å². The monoisotopic (exact) mass is 491 g/mol. The van der Waals surface area contributed by atoms with Crippen LogP contribution in [0.4, 0.5) is 24.5 Å². The molecule has 0 heterocycles. The zero-order chi connectivity index (χ0) is 25.8. The quantitative estimate of drug-likeness (QED) is 0.182. The lowest BCUT2D eigenvalue weighted by Gasteiger charge is -2.15. The number of alkyl halides is 3. The molecule has 3 amide bonds. The second kappa shape index (κ2) is 13.0. The smallest absolute Gasteiger partial charge is 0.326 e. The van der Waals surface area contributed by atoms with Gasteiger partial charge in [-0.2, -0.15) is 18.4 Å². The first kappa shape index (κ1) is 27.1. The van der Waals surface area contributed by atoms with Crippen molar-refractivity contribution in [3.63, 3.8) is 0 Å². The Kier molecular flexibility index (Phi) is 10.0. The maximum Gasteiger partial charge on any atom is 0.418 e. The fourth-order valence-corrected chi connectivity index (χ4v) is 3.06. The van der Waals surface area contributed by atoms with E-state index in [0.717, 1.165) is 18.9 Å². The summed E-state index contributed by atoms with van der Waals surface area (Å²) in [7, 11) is 0. The molecular weight excluding hydrogens is 467 g/mol. The Morgan fingerprint density at radius 2 is 1.54 bits per heavy atom. The summed E-state index contributed by atoms with van der Waals surface area (Å²) >= 11 is 0. The average molecular weight is 491 g/mol. The minimum atomic E-state index is -4.73. The molecule has 0 atom stereocenters. The average Bonchev–Trinajstić information content (AvgIpc) is 2.84. The summed E-state index contributed by atoms with van der Waals surface area (Å²) in [6.07, 6.45) is -1.53. The molecule has 186 valence electrons. The number of carbonyl (C=O) groups is 3. The van der Waals surface area contributed by atoms with Gasteiger partial charge in [0.25, 0.3) is 5.91 Å². The number of hydroxylamine groups is 1. The summed E-state index contributed by atoms with van der Waals surface area (Å²) in [5.74, 6) is -1.37. The van der Waals surface area contributed by atoms with Crippen molar-refractivity contribution in [1.82, 2.24) is 10.9 Å². The maximum absolute atomic E-state index is 13.2. The van der Waals surface area contributed by atoms with Gasteiger partial charge in [0.05, 0.1) is 22.9 Å². The Hall–Kier alpha value is -4.11. The number of unbranched alkanes of at least 4 members (excludes halogenated alkanes) is 3. The normalized spacial score (nSPS) is 10.7. The molecule has 2 aromatic rings. The van der Waals surface area contributed by atoms with Gasteiger partial charge in [-0.3, -0.25) is 30.4 Å². The summed E-state index contributed by atoms with van der Waals surface area (Å²) in [6, 6.07) is 10.3. The first-order valence-electron chi connectivity index (χ1n) is 10.6. The van der Waals surface area contributed by atoms with Gasteiger partial charge in [-0.05, 0) is 55.3 Å². The molecule has 0 spiro atoms. The first-order valence-corrected chi connectivity index (χ1v) is 10.6. The number of nitrogens with zero attached hydrogens (tertiary/aromatic N) is 1. The maximum atomic E-state index is 13.2. The summed E-state index contributed by atoms with van der Waals surface area (Å²) in [6.45, 7) is 0. The number of halogens is 3. The first-order chi connectivity index (χ1) is 16.6. The topological polar surface area (TPSA) is 143 Å². The van der Waals surface area contributed by atoms with E-state index >= 15 is 0 Å². The lowest BCUT2D eigenvalue weighted by molar-refractivity contribution is -0.137. The number of anilines is 2. The molecule has 0 aromatic heterocycles. The van der Waals surface area contributed by atoms with E-state index in [1.54, 1.807) is 11.5 Å². The molecule has 2 rings (SSSR count). The molecule has 35 heavy (non-hydrogen) atoms. The van der Waals surface area contributed by atoms with Crippen LogP contribution >= 0.6 is 0 Å². The van der Waals surface area contributed by atoms with Crippen LogP contribution in [-0.4, -0.2) is 22.9 Å². The predicted octanol–water partition coefficient (Wildman–Crippen LogP) is 4.12. The van der Waals surface area contributed by atoms with Crippen molar-refractivity contribution < 1.29 is 32.8 Å². The molecule has 0 aliphatic rings. The van der Waals surface area contributed by atoms with E-state index in [1.165, 1.54) is 30.3 Å². The second-order valence-electron chi connectivity index (χ2n) is 7.52. The van der Waals surface area contributed by atoms with E-state index in [9.17, 15) is 27.6 Å². The number of hydrazine groups is 1. The van der Waals surface area contributed by atoms with Gasteiger partial charge in [0, 0.05) is 24.1 Å². The number of hydrogen-bond acceptors (Lipinski definition) is 6. The third-order valence-corrected chi connectivity index (χ3v) is 4.88. The minimum absolute atomic E-state index is 0.143. The largest absolute Gasteiger partial charge is 0.418 e. The molecule has 2 aromatic carbocycles. The molecule has 5 N–H and O–H groups in total. The number of nitriles is 1. The molecule has 0 saturated carbocycles. The fourth-order valence-electron chi connectivity index (χ4n) is 3.06. The standard InChI is InChI=1S/C23H24F3N5O4/c24-23(25,26)18-13-15(14-27)7-12-19(18)29-30-22(34)16-8-10-17(11-9-16)28-20(32)5-3-1-2-4-6-21(33)31-35/h7-13,29,35H,1-6H2,(H,28,32)(H,30,34)(H,31,33). The highest BCUT2D eigenvalue weighted by Crippen LogP contribution is 2.35. The van der Waals surface area contributed by atoms with Crippen molar-refractivity contribution >= 4 is 29.1 Å². The van der Waals surface area contributed by atoms with Gasteiger partial charge < -0.3 is 5.32 Å². The van der Waals surface area contributed by atoms with E-state index in [1.807, 2.05) is 0 Å². The Labute approximate surface area is 199 Å². The van der Waals surface area contributed by atoms with Crippen molar-refractivity contribution in [3.8, 4) is 6.07 Å². The second-order valence-corrected chi connectivity index (χ2v) is 7.52. The number of rotatable bonds is 11. The van der Waals surface area contributed by atoms with Gasteiger partial charge >= 0.3 is 6.18 Å². The number of amides is 3. The number of benzene rings is 2. The Bertz CT molecular complexity index is 1080. The van der Waals surface area contributed by atoms with Crippen molar-refractivity contribution in [2.24, 2.45) is 0 Å². The summed E-state index contributed by atoms with van der Waals surface area (Å²) < 4.78 is 39.6. The highest BCUT2D eigenvalue weighted by molar-refractivity contribution is 5.96. The Balaban J connectivity index is 1.82. The minimum Gasteiger partial charge on any atom is -0.326 e. The molecule has 0 radical (unpaired) electrons. The van der Waals surface area contributed by atoms with E-state index in [0.29, 0.717) is 24.6 Å². The number of nitrogens with one attached hydrogen (secondary N) is 4.